The van der Waals surface area contributed by atoms with Crippen LogP contribution in [0.1, 0.15) is 24.8 Å². The van der Waals surface area contributed by atoms with Crippen molar-refractivity contribution in [3.63, 3.8) is 0 Å². The van der Waals surface area contributed by atoms with E-state index < -0.39 is 6.10 Å². The van der Waals surface area contributed by atoms with Crippen LogP contribution < -0.4 is 10.1 Å². The van der Waals surface area contributed by atoms with Gasteiger partial charge in [-0.05, 0) is 44.0 Å². The molecular weight excluding hydrogens is 316 g/mol. The first-order valence-electron chi connectivity index (χ1n) is 8.04. The predicted octanol–water partition coefficient (Wildman–Crippen LogP) is 1.99. The molecule has 0 saturated carbocycles. The Morgan fingerprint density at radius 2 is 2.30 bits per heavy atom. The average molecular weight is 341 g/mol. The second-order valence-corrected chi connectivity index (χ2v) is 6.43. The molecule has 1 aromatic rings. The Morgan fingerprint density at radius 1 is 1.52 bits per heavy atom. The van der Waals surface area contributed by atoms with Crippen LogP contribution in [0.25, 0.3) is 0 Å². The molecule has 1 saturated heterocycles. The molecule has 1 amide bonds. The van der Waals surface area contributed by atoms with Gasteiger partial charge in [-0.3, -0.25) is 9.69 Å². The SMILES string of the molecule is CNC(=O)[C@H]1CCCCN1C[C@@H](O)COc1cc(C)ccc1Cl. The molecule has 2 atom stereocenters. The third kappa shape index (κ3) is 5.09. The first-order valence-corrected chi connectivity index (χ1v) is 8.41. The van der Waals surface area contributed by atoms with Crippen LogP contribution in [0.2, 0.25) is 5.02 Å². The van der Waals surface area contributed by atoms with Crippen LogP contribution in [0, 0.1) is 6.92 Å². The molecule has 6 heteroatoms. The highest BCUT2D eigenvalue weighted by Gasteiger charge is 2.29. The number of likely N-dealkylation sites (tertiary alicyclic amines) is 1. The molecule has 1 heterocycles. The molecule has 1 fully saturated rings. The second-order valence-electron chi connectivity index (χ2n) is 6.02. The molecule has 5 nitrogen and oxygen atoms in total. The molecule has 1 aromatic carbocycles. The lowest BCUT2D eigenvalue weighted by atomic mass is 10.0. The molecule has 0 spiro atoms. The third-order valence-corrected chi connectivity index (χ3v) is 4.44. The fourth-order valence-corrected chi connectivity index (χ4v) is 3.08. The van der Waals surface area contributed by atoms with Gasteiger partial charge in [0.05, 0.1) is 11.1 Å². The fraction of sp³-hybridized carbons (Fsp3) is 0.588. The second kappa shape index (κ2) is 8.52. The summed E-state index contributed by atoms with van der Waals surface area (Å²) < 4.78 is 5.63. The van der Waals surface area contributed by atoms with Gasteiger partial charge in [0.15, 0.2) is 0 Å². The van der Waals surface area contributed by atoms with Crippen molar-refractivity contribution in [2.75, 3.05) is 26.7 Å². The van der Waals surface area contributed by atoms with Crippen molar-refractivity contribution in [1.82, 2.24) is 10.2 Å². The number of hydrogen-bond donors (Lipinski definition) is 2. The molecule has 2 N–H and O–H groups in total. The summed E-state index contributed by atoms with van der Waals surface area (Å²) in [6.45, 7) is 3.35. The third-order valence-electron chi connectivity index (χ3n) is 4.13. The minimum absolute atomic E-state index is 0.0135. The Kier molecular flexibility index (Phi) is 6.69. The number of likely N-dealkylation sites (N-methyl/N-ethyl adjacent to an activating group) is 1. The van der Waals surface area contributed by atoms with E-state index in [1.54, 1.807) is 13.1 Å². The maximum atomic E-state index is 11.9. The molecule has 0 bridgehead atoms. The molecule has 0 unspecified atom stereocenters. The van der Waals surface area contributed by atoms with E-state index in [2.05, 4.69) is 5.32 Å². The smallest absolute Gasteiger partial charge is 0.237 e. The number of aryl methyl sites for hydroxylation is 1. The van der Waals surface area contributed by atoms with Gasteiger partial charge in [0.1, 0.15) is 18.5 Å². The Morgan fingerprint density at radius 3 is 3.04 bits per heavy atom. The number of ether oxygens (including phenoxy) is 1. The quantitative estimate of drug-likeness (QED) is 0.831. The number of amides is 1. The lowest BCUT2D eigenvalue weighted by Gasteiger charge is -2.35. The summed E-state index contributed by atoms with van der Waals surface area (Å²) in [5.41, 5.74) is 1.05. The van der Waals surface area contributed by atoms with Gasteiger partial charge in [0.25, 0.3) is 0 Å². The number of halogens is 1. The number of aliphatic hydroxyl groups excluding tert-OH is 1. The number of β-amino-alcohol motifs (C(OH)–C–C–N with tert-alkyl or cyclic N) is 1. The summed E-state index contributed by atoms with van der Waals surface area (Å²) in [6, 6.07) is 5.38. The van der Waals surface area contributed by atoms with E-state index in [0.29, 0.717) is 17.3 Å². The van der Waals surface area contributed by atoms with Gasteiger partial charge < -0.3 is 15.2 Å². The van der Waals surface area contributed by atoms with Crippen molar-refractivity contribution in [3.8, 4) is 5.75 Å². The standard InChI is InChI=1S/C17H25ClN2O3/c1-12-6-7-14(18)16(9-12)23-11-13(21)10-20-8-4-3-5-15(20)17(22)19-2/h6-7,9,13,15,21H,3-5,8,10-11H2,1-2H3,(H,19,22)/t13-,15-/m1/s1. The van der Waals surface area contributed by atoms with Crippen LogP contribution in [-0.2, 0) is 4.79 Å². The topological polar surface area (TPSA) is 61.8 Å². The highest BCUT2D eigenvalue weighted by Crippen LogP contribution is 2.25. The van der Waals surface area contributed by atoms with Gasteiger partial charge in [-0.15, -0.1) is 0 Å². The van der Waals surface area contributed by atoms with E-state index in [4.69, 9.17) is 16.3 Å². The number of nitrogens with zero attached hydrogens (tertiary/aromatic N) is 1. The van der Waals surface area contributed by atoms with Crippen molar-refractivity contribution in [2.24, 2.45) is 0 Å². The summed E-state index contributed by atoms with van der Waals surface area (Å²) in [5.74, 6) is 0.590. The van der Waals surface area contributed by atoms with Crippen molar-refractivity contribution >= 4 is 17.5 Å². The Labute approximate surface area is 142 Å². The number of carbonyl (C=O) groups excluding carboxylic acids is 1. The zero-order chi connectivity index (χ0) is 16.8. The van der Waals surface area contributed by atoms with E-state index in [-0.39, 0.29) is 18.6 Å². The highest BCUT2D eigenvalue weighted by atomic mass is 35.5. The Hall–Kier alpha value is -1.30. The predicted molar refractivity (Wildman–Crippen MR) is 91.0 cm³/mol. The van der Waals surface area contributed by atoms with E-state index in [1.807, 2.05) is 24.0 Å². The summed E-state index contributed by atoms with van der Waals surface area (Å²) in [4.78, 5) is 14.0. The number of rotatable bonds is 6. The average Bonchev–Trinajstić information content (AvgIpc) is 2.55. The summed E-state index contributed by atoms with van der Waals surface area (Å²) in [6.07, 6.45) is 2.25. The van der Waals surface area contributed by atoms with E-state index >= 15 is 0 Å². The van der Waals surface area contributed by atoms with Crippen molar-refractivity contribution < 1.29 is 14.6 Å². The molecule has 1 aliphatic rings. The maximum Gasteiger partial charge on any atom is 0.237 e. The van der Waals surface area contributed by atoms with Gasteiger partial charge in [0, 0.05) is 13.6 Å². The first-order chi connectivity index (χ1) is 11.0. The summed E-state index contributed by atoms with van der Waals surface area (Å²) in [7, 11) is 1.65. The lowest BCUT2D eigenvalue weighted by molar-refractivity contribution is -0.127. The summed E-state index contributed by atoms with van der Waals surface area (Å²) in [5, 5.41) is 13.5. The van der Waals surface area contributed by atoms with E-state index in [1.165, 1.54) is 0 Å². The Bertz CT molecular complexity index is 539. The van der Waals surface area contributed by atoms with Gasteiger partial charge in [0.2, 0.25) is 5.91 Å². The first kappa shape index (κ1) is 18.0. The monoisotopic (exact) mass is 340 g/mol. The number of hydrogen-bond acceptors (Lipinski definition) is 4. The van der Waals surface area contributed by atoms with Crippen LogP contribution in [0.4, 0.5) is 0 Å². The van der Waals surface area contributed by atoms with E-state index in [0.717, 1.165) is 31.4 Å². The van der Waals surface area contributed by atoms with Crippen molar-refractivity contribution in [3.05, 3.63) is 28.8 Å². The summed E-state index contributed by atoms with van der Waals surface area (Å²) >= 11 is 6.09. The Balaban J connectivity index is 1.89. The molecular formula is C17H25ClN2O3. The molecule has 23 heavy (non-hydrogen) atoms. The highest BCUT2D eigenvalue weighted by molar-refractivity contribution is 6.32. The molecule has 1 aliphatic heterocycles. The van der Waals surface area contributed by atoms with Gasteiger partial charge in [-0.2, -0.15) is 0 Å². The maximum absolute atomic E-state index is 11.9. The van der Waals surface area contributed by atoms with Crippen LogP contribution >= 0.6 is 11.6 Å². The van der Waals surface area contributed by atoms with Crippen molar-refractivity contribution in [1.29, 1.82) is 0 Å². The number of nitrogens with one attached hydrogen (secondary N) is 1. The normalized spacial score (nSPS) is 20.1. The number of carbonyl (C=O) groups is 1. The number of aliphatic hydroxyl groups is 1. The number of piperidine rings is 1. The van der Waals surface area contributed by atoms with Crippen molar-refractivity contribution in [2.45, 2.75) is 38.3 Å². The largest absolute Gasteiger partial charge is 0.489 e. The molecule has 2 rings (SSSR count). The van der Waals surface area contributed by atoms with Crippen LogP contribution in [0.3, 0.4) is 0 Å². The lowest BCUT2D eigenvalue weighted by Crippen LogP contribution is -2.51. The number of benzene rings is 1. The van der Waals surface area contributed by atoms with Crippen LogP contribution in [0.5, 0.6) is 5.75 Å². The van der Waals surface area contributed by atoms with Gasteiger partial charge in [-0.25, -0.2) is 0 Å². The zero-order valence-electron chi connectivity index (χ0n) is 13.7. The van der Waals surface area contributed by atoms with Gasteiger partial charge >= 0.3 is 0 Å². The van der Waals surface area contributed by atoms with Crippen LogP contribution in [0.15, 0.2) is 18.2 Å². The van der Waals surface area contributed by atoms with Crippen LogP contribution in [-0.4, -0.2) is 54.8 Å². The van der Waals surface area contributed by atoms with Gasteiger partial charge in [-0.1, -0.05) is 24.1 Å². The molecule has 128 valence electrons. The molecule has 0 aromatic heterocycles. The molecule has 0 aliphatic carbocycles. The fourth-order valence-electron chi connectivity index (χ4n) is 2.90. The zero-order valence-corrected chi connectivity index (χ0v) is 14.5. The minimum Gasteiger partial charge on any atom is -0.489 e. The van der Waals surface area contributed by atoms with E-state index in [9.17, 15) is 9.90 Å². The minimum atomic E-state index is -0.670. The molecule has 0 radical (unpaired) electrons.